The number of carbonyl (C=O) groups excluding carboxylic acids is 2. The summed E-state index contributed by atoms with van der Waals surface area (Å²) in [5.74, 6) is -1.35. The third kappa shape index (κ3) is 2.14. The molecule has 8 heteroatoms. The molecule has 0 radical (unpaired) electrons. The van der Waals surface area contributed by atoms with Crippen molar-refractivity contribution >= 4 is 45.2 Å². The Morgan fingerprint density at radius 2 is 1.81 bits per heavy atom. The molecule has 1 aliphatic rings. The summed E-state index contributed by atoms with van der Waals surface area (Å²) in [6, 6.07) is 5.90. The Labute approximate surface area is 131 Å². The number of nitrogens with one attached hydrogen (secondary N) is 1. The number of hydrogen-bond acceptors (Lipinski definition) is 4. The van der Waals surface area contributed by atoms with Gasteiger partial charge in [0.15, 0.2) is 0 Å². The first-order valence-corrected chi connectivity index (χ1v) is 6.93. The number of rotatable bonds is 1. The highest BCUT2D eigenvalue weighted by molar-refractivity contribution is 9.10. The Morgan fingerprint density at radius 1 is 1.10 bits per heavy atom. The lowest BCUT2D eigenvalue weighted by atomic mass is 10.1. The van der Waals surface area contributed by atoms with E-state index in [1.807, 2.05) is 0 Å². The molecule has 0 atom stereocenters. The third-order valence-electron chi connectivity index (χ3n) is 3.06. The summed E-state index contributed by atoms with van der Waals surface area (Å²) >= 11 is 9.22. The van der Waals surface area contributed by atoms with E-state index in [2.05, 4.69) is 21.2 Å². The molecule has 1 aromatic heterocycles. The van der Waals surface area contributed by atoms with Gasteiger partial charge >= 0.3 is 0 Å². The van der Waals surface area contributed by atoms with Gasteiger partial charge in [0.05, 0.1) is 16.8 Å². The van der Waals surface area contributed by atoms with Gasteiger partial charge in [0.1, 0.15) is 5.82 Å². The van der Waals surface area contributed by atoms with E-state index in [1.54, 1.807) is 12.1 Å². The molecule has 1 aromatic carbocycles. The van der Waals surface area contributed by atoms with Crippen LogP contribution in [-0.2, 0) is 0 Å². The summed E-state index contributed by atoms with van der Waals surface area (Å²) in [4.78, 5) is 35.5. The van der Waals surface area contributed by atoms with Gasteiger partial charge in [0, 0.05) is 15.6 Å². The van der Waals surface area contributed by atoms with Gasteiger partial charge in [-0.3, -0.25) is 24.3 Å². The first-order valence-electron chi connectivity index (χ1n) is 5.76. The maximum atomic E-state index is 12.2. The van der Waals surface area contributed by atoms with Crippen LogP contribution >= 0.6 is 27.5 Å². The normalized spacial score (nSPS) is 13.2. The van der Waals surface area contributed by atoms with Crippen LogP contribution in [0.1, 0.15) is 20.7 Å². The number of carbonyl (C=O) groups is 2. The van der Waals surface area contributed by atoms with Crippen LogP contribution in [0.3, 0.4) is 0 Å². The van der Waals surface area contributed by atoms with Crippen molar-refractivity contribution < 1.29 is 9.59 Å². The fourth-order valence-electron chi connectivity index (χ4n) is 2.21. The lowest BCUT2D eigenvalue weighted by Crippen LogP contribution is -2.24. The van der Waals surface area contributed by atoms with Crippen LogP contribution in [0.25, 0.3) is 5.69 Å². The summed E-state index contributed by atoms with van der Waals surface area (Å²) < 4.78 is 1.78. The minimum absolute atomic E-state index is 0.00398. The Bertz CT molecular complexity index is 855. The number of nitrogen functional groups attached to an aromatic ring is 1. The molecule has 106 valence electrons. The molecule has 21 heavy (non-hydrogen) atoms. The Kier molecular flexibility index (Phi) is 3.11. The minimum atomic E-state index is -0.627. The van der Waals surface area contributed by atoms with E-state index in [0.29, 0.717) is 15.2 Å². The van der Waals surface area contributed by atoms with E-state index in [9.17, 15) is 14.4 Å². The van der Waals surface area contributed by atoms with Crippen molar-refractivity contribution in [1.82, 2.24) is 9.88 Å². The highest BCUT2D eigenvalue weighted by atomic mass is 79.9. The first-order chi connectivity index (χ1) is 9.88. The standard InChI is InChI=1S/C13H7BrClN3O3/c14-5-1-6(15)3-7(2-5)18-9(19)4-8-10(11(18)16)13(21)17-12(8)20/h1-4H,16H2,(H,17,20,21). The smallest absolute Gasteiger partial charge is 0.262 e. The van der Waals surface area contributed by atoms with E-state index < -0.39 is 17.4 Å². The molecule has 6 nitrogen and oxygen atoms in total. The number of benzene rings is 1. The molecule has 0 saturated carbocycles. The van der Waals surface area contributed by atoms with Crippen molar-refractivity contribution in [1.29, 1.82) is 0 Å². The van der Waals surface area contributed by atoms with E-state index in [1.165, 1.54) is 6.07 Å². The molecular formula is C13H7BrClN3O3. The summed E-state index contributed by atoms with van der Waals surface area (Å²) in [5, 5.41) is 2.50. The summed E-state index contributed by atoms with van der Waals surface area (Å²) in [5.41, 5.74) is 5.77. The number of amides is 2. The Morgan fingerprint density at radius 3 is 2.48 bits per heavy atom. The van der Waals surface area contributed by atoms with E-state index in [4.69, 9.17) is 17.3 Å². The largest absolute Gasteiger partial charge is 0.384 e. The number of nitrogens with two attached hydrogens (primary N) is 1. The fourth-order valence-corrected chi connectivity index (χ4v) is 3.06. The second kappa shape index (κ2) is 4.71. The number of imide groups is 1. The summed E-state index contributed by atoms with van der Waals surface area (Å²) in [6.45, 7) is 0. The molecule has 2 heterocycles. The second-order valence-corrected chi connectivity index (χ2v) is 5.75. The van der Waals surface area contributed by atoms with E-state index >= 15 is 0 Å². The van der Waals surface area contributed by atoms with Crippen molar-refractivity contribution in [3.05, 3.63) is 55.2 Å². The average Bonchev–Trinajstić information content (AvgIpc) is 2.63. The molecule has 0 aliphatic carbocycles. The van der Waals surface area contributed by atoms with Crippen LogP contribution in [-0.4, -0.2) is 16.4 Å². The second-order valence-electron chi connectivity index (χ2n) is 4.40. The number of pyridine rings is 1. The number of halogens is 2. The van der Waals surface area contributed by atoms with E-state index in [0.717, 1.165) is 10.6 Å². The van der Waals surface area contributed by atoms with Gasteiger partial charge in [-0.05, 0) is 18.2 Å². The van der Waals surface area contributed by atoms with Crippen molar-refractivity contribution in [2.24, 2.45) is 0 Å². The molecule has 0 spiro atoms. The maximum Gasteiger partial charge on any atom is 0.262 e. The van der Waals surface area contributed by atoms with Crippen LogP contribution in [0.5, 0.6) is 0 Å². The molecule has 0 bridgehead atoms. The van der Waals surface area contributed by atoms with Crippen LogP contribution < -0.4 is 16.6 Å². The number of hydrogen-bond donors (Lipinski definition) is 2. The minimum Gasteiger partial charge on any atom is -0.384 e. The predicted molar refractivity (Wildman–Crippen MR) is 81.0 cm³/mol. The van der Waals surface area contributed by atoms with Gasteiger partial charge in [-0.25, -0.2) is 0 Å². The molecule has 2 amide bonds. The zero-order chi connectivity index (χ0) is 15.3. The van der Waals surface area contributed by atoms with Gasteiger partial charge in [-0.2, -0.15) is 0 Å². The lowest BCUT2D eigenvalue weighted by molar-refractivity contribution is 0.0880. The Balaban J connectivity index is 2.35. The highest BCUT2D eigenvalue weighted by Gasteiger charge is 2.31. The lowest BCUT2D eigenvalue weighted by Gasteiger charge is -2.12. The van der Waals surface area contributed by atoms with Gasteiger partial charge in [-0.15, -0.1) is 0 Å². The number of nitrogens with zero attached hydrogens (tertiary/aromatic N) is 1. The third-order valence-corrected chi connectivity index (χ3v) is 3.73. The van der Waals surface area contributed by atoms with Crippen LogP contribution in [0.15, 0.2) is 33.5 Å². The Hall–Kier alpha value is -2.12. The van der Waals surface area contributed by atoms with Gasteiger partial charge in [0.25, 0.3) is 17.4 Å². The quantitative estimate of drug-likeness (QED) is 0.749. The van der Waals surface area contributed by atoms with Crippen molar-refractivity contribution in [3.63, 3.8) is 0 Å². The van der Waals surface area contributed by atoms with Crippen LogP contribution in [0, 0.1) is 0 Å². The van der Waals surface area contributed by atoms with Crippen LogP contribution in [0.4, 0.5) is 5.82 Å². The maximum absolute atomic E-state index is 12.2. The average molecular weight is 369 g/mol. The molecule has 0 fully saturated rings. The van der Waals surface area contributed by atoms with Crippen molar-refractivity contribution in [2.75, 3.05) is 5.73 Å². The van der Waals surface area contributed by atoms with Gasteiger partial charge in [0.2, 0.25) is 0 Å². The summed E-state index contributed by atoms with van der Waals surface area (Å²) in [7, 11) is 0. The highest BCUT2D eigenvalue weighted by Crippen LogP contribution is 2.26. The number of aromatic nitrogens is 1. The zero-order valence-electron chi connectivity index (χ0n) is 10.3. The number of fused-ring (bicyclic) bond motifs is 1. The van der Waals surface area contributed by atoms with E-state index in [-0.39, 0.29) is 16.9 Å². The molecule has 0 saturated heterocycles. The monoisotopic (exact) mass is 367 g/mol. The zero-order valence-corrected chi connectivity index (χ0v) is 12.7. The molecule has 3 rings (SSSR count). The SMILES string of the molecule is Nc1c2c(cc(=O)n1-c1cc(Cl)cc(Br)c1)C(=O)NC2=O. The molecule has 0 unspecified atom stereocenters. The molecular weight excluding hydrogens is 362 g/mol. The predicted octanol–water partition coefficient (Wildman–Crippen LogP) is 1.72. The molecule has 3 N–H and O–H groups in total. The van der Waals surface area contributed by atoms with Gasteiger partial charge in [-0.1, -0.05) is 27.5 Å². The van der Waals surface area contributed by atoms with Crippen molar-refractivity contribution in [3.8, 4) is 5.69 Å². The topological polar surface area (TPSA) is 94.2 Å². The molecule has 1 aliphatic heterocycles. The van der Waals surface area contributed by atoms with Crippen molar-refractivity contribution in [2.45, 2.75) is 0 Å². The number of anilines is 1. The molecule has 2 aromatic rings. The summed E-state index contributed by atoms with van der Waals surface area (Å²) in [6.07, 6.45) is 0. The van der Waals surface area contributed by atoms with Gasteiger partial charge < -0.3 is 5.73 Å². The first kappa shape index (κ1) is 13.8. The fraction of sp³-hybridized carbons (Fsp3) is 0. The van der Waals surface area contributed by atoms with Crippen LogP contribution in [0.2, 0.25) is 5.02 Å².